The Morgan fingerprint density at radius 1 is 1.35 bits per heavy atom. The van der Waals surface area contributed by atoms with Crippen molar-refractivity contribution in [2.45, 2.75) is 6.92 Å². The van der Waals surface area contributed by atoms with Crippen LogP contribution in [0.25, 0.3) is 10.7 Å². The maximum absolute atomic E-state index is 11.3. The summed E-state index contributed by atoms with van der Waals surface area (Å²) in [5, 5.41) is 9.38. The molecular weight excluding hydrogens is 240 g/mol. The predicted octanol–water partition coefficient (Wildman–Crippen LogP) is 2.11. The molecule has 0 saturated carbocycles. The van der Waals surface area contributed by atoms with Crippen LogP contribution in [-0.2, 0) is 0 Å². The highest BCUT2D eigenvalue weighted by Crippen LogP contribution is 2.27. The molecule has 0 amide bonds. The molecule has 0 saturated heterocycles. The minimum Gasteiger partial charge on any atom is -0.476 e. The normalized spacial score (nSPS) is 10.2. The Kier molecular flexibility index (Phi) is 2.97. The Morgan fingerprint density at radius 3 is 2.59 bits per heavy atom. The quantitative estimate of drug-likeness (QED) is 0.841. The number of pyridine rings is 1. The van der Waals surface area contributed by atoms with Gasteiger partial charge in [-0.15, -0.1) is 11.3 Å². The number of hydrogen-bond acceptors (Lipinski definition) is 5. The van der Waals surface area contributed by atoms with Crippen molar-refractivity contribution in [3.05, 3.63) is 35.0 Å². The van der Waals surface area contributed by atoms with E-state index < -0.39 is 5.97 Å². The van der Waals surface area contributed by atoms with Crippen LogP contribution in [0.4, 0.5) is 0 Å². The van der Waals surface area contributed by atoms with Gasteiger partial charge in [-0.2, -0.15) is 0 Å². The van der Waals surface area contributed by atoms with Crippen LogP contribution in [0, 0.1) is 0 Å². The van der Waals surface area contributed by atoms with E-state index in [0.29, 0.717) is 10.7 Å². The van der Waals surface area contributed by atoms with Gasteiger partial charge in [0.25, 0.3) is 0 Å². The standard InChI is InChI=1S/C11H8N2O3S/c1-6(14)9-8(11(15)16)13-10(17-9)7-4-2-3-5-12-7/h2-5H,1H3,(H,15,16). The lowest BCUT2D eigenvalue weighted by molar-refractivity contribution is 0.0687. The van der Waals surface area contributed by atoms with Gasteiger partial charge in [0, 0.05) is 13.1 Å². The Hall–Kier alpha value is -2.08. The van der Waals surface area contributed by atoms with Crippen molar-refractivity contribution in [1.82, 2.24) is 9.97 Å². The number of carboxylic acids is 1. The molecule has 0 aliphatic heterocycles. The molecule has 0 unspecified atom stereocenters. The SMILES string of the molecule is CC(=O)c1sc(-c2ccccn2)nc1C(=O)O. The number of nitrogens with zero attached hydrogens (tertiary/aromatic N) is 2. The molecule has 0 bridgehead atoms. The second-order valence-corrected chi connectivity index (χ2v) is 4.27. The van der Waals surface area contributed by atoms with Crippen molar-refractivity contribution in [2.75, 3.05) is 0 Å². The zero-order valence-corrected chi connectivity index (χ0v) is 9.69. The lowest BCUT2D eigenvalue weighted by Gasteiger charge is -1.91. The van der Waals surface area contributed by atoms with Crippen LogP contribution in [0.5, 0.6) is 0 Å². The number of ketones is 1. The maximum Gasteiger partial charge on any atom is 0.356 e. The van der Waals surface area contributed by atoms with Crippen LogP contribution >= 0.6 is 11.3 Å². The average molecular weight is 248 g/mol. The van der Waals surface area contributed by atoms with Crippen LogP contribution in [0.2, 0.25) is 0 Å². The molecule has 17 heavy (non-hydrogen) atoms. The summed E-state index contributed by atoms with van der Waals surface area (Å²) in [6.45, 7) is 1.32. The lowest BCUT2D eigenvalue weighted by atomic mass is 10.3. The first-order valence-corrected chi connectivity index (χ1v) is 5.57. The van der Waals surface area contributed by atoms with E-state index in [1.165, 1.54) is 6.92 Å². The fourth-order valence-corrected chi connectivity index (χ4v) is 2.23. The van der Waals surface area contributed by atoms with Gasteiger partial charge in [0.05, 0.1) is 5.69 Å². The van der Waals surface area contributed by atoms with Crippen LogP contribution in [0.3, 0.4) is 0 Å². The highest BCUT2D eigenvalue weighted by atomic mass is 32.1. The predicted molar refractivity (Wildman–Crippen MR) is 62.3 cm³/mol. The number of rotatable bonds is 3. The zero-order chi connectivity index (χ0) is 12.4. The fourth-order valence-electron chi connectivity index (χ4n) is 1.30. The van der Waals surface area contributed by atoms with Crippen molar-refractivity contribution < 1.29 is 14.7 Å². The molecule has 0 aliphatic rings. The maximum atomic E-state index is 11.3. The topological polar surface area (TPSA) is 80.2 Å². The van der Waals surface area contributed by atoms with Gasteiger partial charge in [-0.3, -0.25) is 9.78 Å². The van der Waals surface area contributed by atoms with Gasteiger partial charge < -0.3 is 5.11 Å². The van der Waals surface area contributed by atoms with Gasteiger partial charge in [0.1, 0.15) is 9.88 Å². The van der Waals surface area contributed by atoms with Gasteiger partial charge in [-0.25, -0.2) is 9.78 Å². The molecular formula is C11H8N2O3S. The summed E-state index contributed by atoms with van der Waals surface area (Å²) in [6, 6.07) is 5.24. The average Bonchev–Trinajstić information content (AvgIpc) is 2.75. The van der Waals surface area contributed by atoms with Crippen LogP contribution in [-0.4, -0.2) is 26.8 Å². The Bertz CT molecular complexity index is 546. The van der Waals surface area contributed by atoms with E-state index in [0.717, 1.165) is 11.3 Å². The molecule has 0 radical (unpaired) electrons. The van der Waals surface area contributed by atoms with Crippen molar-refractivity contribution in [2.24, 2.45) is 0 Å². The summed E-state index contributed by atoms with van der Waals surface area (Å²) in [7, 11) is 0. The number of aromatic carboxylic acids is 1. The monoisotopic (exact) mass is 248 g/mol. The lowest BCUT2D eigenvalue weighted by Crippen LogP contribution is -2.03. The summed E-state index contributed by atoms with van der Waals surface area (Å²) in [5.74, 6) is -1.50. The molecule has 2 aromatic heterocycles. The number of Topliss-reactive ketones (excluding diaryl/α,β-unsaturated/α-hetero) is 1. The van der Waals surface area contributed by atoms with Gasteiger partial charge >= 0.3 is 5.97 Å². The van der Waals surface area contributed by atoms with Crippen molar-refractivity contribution in [1.29, 1.82) is 0 Å². The molecule has 2 heterocycles. The molecule has 0 fully saturated rings. The van der Waals surface area contributed by atoms with Crippen molar-refractivity contribution >= 4 is 23.1 Å². The van der Waals surface area contributed by atoms with Gasteiger partial charge in [-0.05, 0) is 12.1 Å². The largest absolute Gasteiger partial charge is 0.476 e. The Morgan fingerprint density at radius 2 is 2.12 bits per heavy atom. The molecule has 6 heteroatoms. The van der Waals surface area contributed by atoms with Gasteiger partial charge in [0.2, 0.25) is 0 Å². The van der Waals surface area contributed by atoms with Gasteiger partial charge in [-0.1, -0.05) is 6.07 Å². The van der Waals surface area contributed by atoms with E-state index in [9.17, 15) is 9.59 Å². The minimum absolute atomic E-state index is 0.151. The summed E-state index contributed by atoms with van der Waals surface area (Å²) in [5.41, 5.74) is 0.357. The summed E-state index contributed by atoms with van der Waals surface area (Å²) in [6.07, 6.45) is 1.59. The minimum atomic E-state index is -1.20. The first-order valence-electron chi connectivity index (χ1n) is 4.76. The smallest absolute Gasteiger partial charge is 0.356 e. The molecule has 86 valence electrons. The first-order chi connectivity index (χ1) is 8.09. The highest BCUT2D eigenvalue weighted by Gasteiger charge is 2.21. The molecule has 0 spiro atoms. The van der Waals surface area contributed by atoms with E-state index in [1.807, 2.05) is 0 Å². The Labute approximate surface area is 101 Å². The first kappa shape index (κ1) is 11.4. The van der Waals surface area contributed by atoms with Crippen molar-refractivity contribution in [3.8, 4) is 10.7 Å². The fraction of sp³-hybridized carbons (Fsp3) is 0.0909. The van der Waals surface area contributed by atoms with Crippen LogP contribution in [0.15, 0.2) is 24.4 Å². The second-order valence-electron chi connectivity index (χ2n) is 3.27. The van der Waals surface area contributed by atoms with Gasteiger partial charge in [0.15, 0.2) is 11.5 Å². The number of carbonyl (C=O) groups is 2. The van der Waals surface area contributed by atoms with Crippen LogP contribution in [0.1, 0.15) is 27.1 Å². The van der Waals surface area contributed by atoms with Crippen LogP contribution < -0.4 is 0 Å². The Balaban J connectivity index is 2.55. The number of aromatic nitrogens is 2. The highest BCUT2D eigenvalue weighted by molar-refractivity contribution is 7.17. The molecule has 2 rings (SSSR count). The zero-order valence-electron chi connectivity index (χ0n) is 8.88. The third-order valence-electron chi connectivity index (χ3n) is 2.03. The van der Waals surface area contributed by atoms with E-state index in [4.69, 9.17) is 5.11 Å². The molecule has 2 aromatic rings. The molecule has 0 aromatic carbocycles. The summed E-state index contributed by atoms with van der Waals surface area (Å²) >= 11 is 1.05. The van der Waals surface area contributed by atoms with E-state index in [-0.39, 0.29) is 16.4 Å². The third-order valence-corrected chi connectivity index (χ3v) is 3.21. The van der Waals surface area contributed by atoms with E-state index in [2.05, 4.69) is 9.97 Å². The molecule has 1 N–H and O–H groups in total. The van der Waals surface area contributed by atoms with Crippen molar-refractivity contribution in [3.63, 3.8) is 0 Å². The van der Waals surface area contributed by atoms with E-state index in [1.54, 1.807) is 24.4 Å². The number of thiazole rings is 1. The summed E-state index contributed by atoms with van der Waals surface area (Å²) in [4.78, 5) is 30.4. The molecule has 0 aliphatic carbocycles. The summed E-state index contributed by atoms with van der Waals surface area (Å²) < 4.78 is 0. The molecule has 5 nitrogen and oxygen atoms in total. The second kappa shape index (κ2) is 4.42. The molecule has 0 atom stereocenters. The number of carbonyl (C=O) groups excluding carboxylic acids is 1. The van der Waals surface area contributed by atoms with E-state index >= 15 is 0 Å². The number of hydrogen-bond donors (Lipinski definition) is 1. The third kappa shape index (κ3) is 2.21. The number of carboxylic acid groups (broad SMARTS) is 1.